The van der Waals surface area contributed by atoms with Crippen LogP contribution in [0.25, 0.3) is 0 Å². The molecule has 0 aromatic heterocycles. The van der Waals surface area contributed by atoms with Crippen molar-refractivity contribution in [2.24, 2.45) is 5.73 Å². The molecule has 3 nitrogen and oxygen atoms in total. The van der Waals surface area contributed by atoms with Gasteiger partial charge in [0.05, 0.1) is 20.3 Å². The average Bonchev–Trinajstić information content (AvgIpc) is 2.46. The summed E-state index contributed by atoms with van der Waals surface area (Å²) >= 11 is 3.47. The fourth-order valence-electron chi connectivity index (χ4n) is 2.18. The summed E-state index contributed by atoms with van der Waals surface area (Å²) in [5.74, 6) is 1.48. The SMILES string of the molecule is COc1cc(OC)cc(C(N)c2ccc(Br)cc2C)c1. The third kappa shape index (κ3) is 3.14. The molecule has 2 rings (SSSR count). The maximum Gasteiger partial charge on any atom is 0.122 e. The largest absolute Gasteiger partial charge is 0.497 e. The van der Waals surface area contributed by atoms with E-state index in [2.05, 4.69) is 28.9 Å². The van der Waals surface area contributed by atoms with Crippen LogP contribution in [0, 0.1) is 6.92 Å². The van der Waals surface area contributed by atoms with Crippen LogP contribution in [0.2, 0.25) is 0 Å². The highest BCUT2D eigenvalue weighted by molar-refractivity contribution is 9.10. The Morgan fingerprint density at radius 1 is 1.00 bits per heavy atom. The quantitative estimate of drug-likeness (QED) is 0.923. The van der Waals surface area contributed by atoms with Crippen LogP contribution < -0.4 is 15.2 Å². The molecule has 0 amide bonds. The molecule has 20 heavy (non-hydrogen) atoms. The molecule has 106 valence electrons. The van der Waals surface area contributed by atoms with E-state index in [-0.39, 0.29) is 6.04 Å². The number of ether oxygens (including phenoxy) is 2. The van der Waals surface area contributed by atoms with E-state index in [1.165, 1.54) is 0 Å². The molecule has 0 bridgehead atoms. The van der Waals surface area contributed by atoms with E-state index in [0.29, 0.717) is 0 Å². The van der Waals surface area contributed by atoms with Crippen molar-refractivity contribution in [2.45, 2.75) is 13.0 Å². The van der Waals surface area contributed by atoms with Gasteiger partial charge in [-0.3, -0.25) is 0 Å². The average molecular weight is 336 g/mol. The van der Waals surface area contributed by atoms with Crippen LogP contribution in [0.15, 0.2) is 40.9 Å². The standard InChI is InChI=1S/C16H18BrNO2/c1-10-6-12(17)4-5-15(10)16(18)11-7-13(19-2)9-14(8-11)20-3/h4-9,16H,18H2,1-3H3. The van der Waals surface area contributed by atoms with Crippen molar-refractivity contribution in [2.75, 3.05) is 14.2 Å². The molecule has 0 radical (unpaired) electrons. The van der Waals surface area contributed by atoms with Crippen LogP contribution in [0.3, 0.4) is 0 Å². The molecule has 0 heterocycles. The van der Waals surface area contributed by atoms with E-state index in [4.69, 9.17) is 15.2 Å². The van der Waals surface area contributed by atoms with Gasteiger partial charge in [0.25, 0.3) is 0 Å². The molecule has 2 aromatic rings. The summed E-state index contributed by atoms with van der Waals surface area (Å²) in [6.45, 7) is 2.05. The minimum atomic E-state index is -0.216. The second-order valence-corrected chi connectivity index (χ2v) is 5.54. The van der Waals surface area contributed by atoms with Crippen molar-refractivity contribution in [3.63, 3.8) is 0 Å². The van der Waals surface area contributed by atoms with E-state index >= 15 is 0 Å². The third-order valence-electron chi connectivity index (χ3n) is 3.30. The lowest BCUT2D eigenvalue weighted by Crippen LogP contribution is -2.13. The molecular formula is C16H18BrNO2. The second kappa shape index (κ2) is 6.29. The first-order valence-corrected chi connectivity index (χ1v) is 7.09. The molecule has 4 heteroatoms. The predicted octanol–water partition coefficient (Wildman–Crippen LogP) is 3.82. The zero-order valence-corrected chi connectivity index (χ0v) is 13.4. The molecule has 1 atom stereocenters. The lowest BCUT2D eigenvalue weighted by atomic mass is 9.95. The molecule has 1 unspecified atom stereocenters. The topological polar surface area (TPSA) is 44.5 Å². The van der Waals surface area contributed by atoms with E-state index < -0.39 is 0 Å². The lowest BCUT2D eigenvalue weighted by molar-refractivity contribution is 0.393. The van der Waals surface area contributed by atoms with Gasteiger partial charge in [-0.25, -0.2) is 0 Å². The number of methoxy groups -OCH3 is 2. The van der Waals surface area contributed by atoms with Crippen LogP contribution in [0.5, 0.6) is 11.5 Å². The Morgan fingerprint density at radius 2 is 1.60 bits per heavy atom. The summed E-state index contributed by atoms with van der Waals surface area (Å²) in [6, 6.07) is 11.6. The molecule has 0 aliphatic rings. The van der Waals surface area contributed by atoms with Crippen molar-refractivity contribution in [3.8, 4) is 11.5 Å². The van der Waals surface area contributed by atoms with Gasteiger partial charge in [0.15, 0.2) is 0 Å². The Hall–Kier alpha value is -1.52. The Balaban J connectivity index is 2.44. The highest BCUT2D eigenvalue weighted by Crippen LogP contribution is 2.30. The van der Waals surface area contributed by atoms with Gasteiger partial charge in [-0.15, -0.1) is 0 Å². The zero-order valence-electron chi connectivity index (χ0n) is 11.8. The van der Waals surface area contributed by atoms with Gasteiger partial charge in [0, 0.05) is 10.5 Å². The van der Waals surface area contributed by atoms with Crippen molar-refractivity contribution >= 4 is 15.9 Å². The Labute approximate surface area is 127 Å². The summed E-state index contributed by atoms with van der Waals surface area (Å²) in [7, 11) is 3.27. The van der Waals surface area contributed by atoms with Crippen LogP contribution in [-0.2, 0) is 0 Å². The van der Waals surface area contributed by atoms with Crippen LogP contribution in [0.1, 0.15) is 22.7 Å². The van der Waals surface area contributed by atoms with Gasteiger partial charge in [-0.1, -0.05) is 22.0 Å². The zero-order chi connectivity index (χ0) is 14.7. The molecule has 2 N–H and O–H groups in total. The first-order valence-electron chi connectivity index (χ1n) is 6.29. The summed E-state index contributed by atoms with van der Waals surface area (Å²) < 4.78 is 11.6. The van der Waals surface area contributed by atoms with E-state index in [1.807, 2.05) is 30.3 Å². The van der Waals surface area contributed by atoms with Gasteiger partial charge < -0.3 is 15.2 Å². The summed E-state index contributed by atoms with van der Waals surface area (Å²) in [5.41, 5.74) is 9.59. The van der Waals surface area contributed by atoms with Gasteiger partial charge in [-0.2, -0.15) is 0 Å². The molecule has 0 aliphatic heterocycles. The van der Waals surface area contributed by atoms with Crippen molar-refractivity contribution < 1.29 is 9.47 Å². The maximum absolute atomic E-state index is 6.39. The monoisotopic (exact) mass is 335 g/mol. The summed E-state index contributed by atoms with van der Waals surface area (Å²) in [4.78, 5) is 0. The Kier molecular flexibility index (Phi) is 4.68. The number of nitrogens with two attached hydrogens (primary N) is 1. The first kappa shape index (κ1) is 14.9. The third-order valence-corrected chi connectivity index (χ3v) is 3.79. The van der Waals surface area contributed by atoms with Gasteiger partial charge in [0.1, 0.15) is 11.5 Å². The van der Waals surface area contributed by atoms with Crippen LogP contribution in [0.4, 0.5) is 0 Å². The number of halogens is 1. The normalized spacial score (nSPS) is 12.1. The van der Waals surface area contributed by atoms with Gasteiger partial charge in [-0.05, 0) is 47.9 Å². The summed E-state index contributed by atoms with van der Waals surface area (Å²) in [6.07, 6.45) is 0. The minimum absolute atomic E-state index is 0.216. The van der Waals surface area contributed by atoms with Crippen LogP contribution in [-0.4, -0.2) is 14.2 Å². The lowest BCUT2D eigenvalue weighted by Gasteiger charge is -2.17. The first-order chi connectivity index (χ1) is 9.55. The maximum atomic E-state index is 6.39. The van der Waals surface area contributed by atoms with Crippen molar-refractivity contribution in [1.82, 2.24) is 0 Å². The van der Waals surface area contributed by atoms with Crippen molar-refractivity contribution in [3.05, 3.63) is 57.6 Å². The highest BCUT2D eigenvalue weighted by atomic mass is 79.9. The number of hydrogen-bond acceptors (Lipinski definition) is 3. The van der Waals surface area contributed by atoms with Crippen LogP contribution >= 0.6 is 15.9 Å². The molecule has 0 saturated heterocycles. The number of benzene rings is 2. The van der Waals surface area contributed by atoms with E-state index in [1.54, 1.807) is 14.2 Å². The Morgan fingerprint density at radius 3 is 2.10 bits per heavy atom. The van der Waals surface area contributed by atoms with Crippen molar-refractivity contribution in [1.29, 1.82) is 0 Å². The van der Waals surface area contributed by atoms with E-state index in [9.17, 15) is 0 Å². The fourth-order valence-corrected chi connectivity index (χ4v) is 2.65. The molecule has 0 spiro atoms. The predicted molar refractivity (Wildman–Crippen MR) is 84.5 cm³/mol. The smallest absolute Gasteiger partial charge is 0.122 e. The molecule has 0 aliphatic carbocycles. The highest BCUT2D eigenvalue weighted by Gasteiger charge is 2.14. The van der Waals surface area contributed by atoms with E-state index in [0.717, 1.165) is 32.7 Å². The molecule has 0 saturated carbocycles. The number of hydrogen-bond donors (Lipinski definition) is 1. The molecule has 2 aromatic carbocycles. The molecule has 0 fully saturated rings. The molecular weight excluding hydrogens is 318 g/mol. The second-order valence-electron chi connectivity index (χ2n) is 4.62. The Bertz CT molecular complexity index is 591. The number of aryl methyl sites for hydroxylation is 1. The fraction of sp³-hybridized carbons (Fsp3) is 0.250. The van der Waals surface area contributed by atoms with Gasteiger partial charge in [0.2, 0.25) is 0 Å². The van der Waals surface area contributed by atoms with Gasteiger partial charge >= 0.3 is 0 Å². The number of rotatable bonds is 4. The minimum Gasteiger partial charge on any atom is -0.497 e. The summed E-state index contributed by atoms with van der Waals surface area (Å²) in [5, 5.41) is 0.